The highest BCUT2D eigenvalue weighted by molar-refractivity contribution is 5.72. The number of hydrogen-bond acceptors (Lipinski definition) is 3. The lowest BCUT2D eigenvalue weighted by Gasteiger charge is -2.18. The second kappa shape index (κ2) is 4.84. The van der Waals surface area contributed by atoms with Crippen LogP contribution in [0, 0.1) is 5.82 Å². The van der Waals surface area contributed by atoms with Crippen molar-refractivity contribution in [3.8, 4) is 11.1 Å². The highest BCUT2D eigenvalue weighted by Crippen LogP contribution is 2.19. The Kier molecular flexibility index (Phi) is 3.38. The predicted molar refractivity (Wildman–Crippen MR) is 69.3 cm³/mol. The molecule has 2 aromatic rings. The normalized spacial score (nSPS) is 11.4. The summed E-state index contributed by atoms with van der Waals surface area (Å²) in [6.07, 6.45) is 2.46. The molecule has 1 aromatic carbocycles. The van der Waals surface area contributed by atoms with E-state index in [-0.39, 0.29) is 5.82 Å². The Morgan fingerprint density at radius 2 is 2.05 bits per heavy atom. The van der Waals surface area contributed by atoms with Crippen LogP contribution in [0.25, 0.3) is 11.1 Å². The maximum atomic E-state index is 13.1. The van der Waals surface area contributed by atoms with Crippen molar-refractivity contribution >= 4 is 6.09 Å². The second-order valence-electron chi connectivity index (χ2n) is 5.16. The number of benzene rings is 1. The van der Waals surface area contributed by atoms with Crippen LogP contribution in [0.4, 0.5) is 9.18 Å². The molecule has 100 valence electrons. The van der Waals surface area contributed by atoms with Crippen LogP contribution >= 0.6 is 0 Å². The Morgan fingerprint density at radius 3 is 2.68 bits per heavy atom. The molecule has 2 rings (SSSR count). The third-order valence-electron chi connectivity index (χ3n) is 2.32. The lowest BCUT2D eigenvalue weighted by atomic mass is 10.1. The molecule has 0 unspecified atom stereocenters. The number of carbonyl (C=O) groups excluding carboxylic acids is 1. The number of carbonyl (C=O) groups is 1. The molecule has 0 aliphatic carbocycles. The quantitative estimate of drug-likeness (QED) is 0.790. The number of ether oxygens (including phenoxy) is 1. The first-order chi connectivity index (χ1) is 8.85. The van der Waals surface area contributed by atoms with Gasteiger partial charge < -0.3 is 4.74 Å². The molecule has 0 spiro atoms. The molecule has 0 fully saturated rings. The fourth-order valence-electron chi connectivity index (χ4n) is 1.55. The molecule has 0 amide bonds. The van der Waals surface area contributed by atoms with Gasteiger partial charge in [-0.25, -0.2) is 9.18 Å². The molecule has 0 bridgehead atoms. The van der Waals surface area contributed by atoms with Crippen LogP contribution in [-0.2, 0) is 4.74 Å². The average molecular weight is 262 g/mol. The van der Waals surface area contributed by atoms with Gasteiger partial charge in [0.1, 0.15) is 11.4 Å². The molecule has 0 aliphatic heterocycles. The van der Waals surface area contributed by atoms with Gasteiger partial charge in [-0.3, -0.25) is 0 Å². The summed E-state index contributed by atoms with van der Waals surface area (Å²) >= 11 is 0. The van der Waals surface area contributed by atoms with Gasteiger partial charge in [0.15, 0.2) is 0 Å². The zero-order valence-corrected chi connectivity index (χ0v) is 11.1. The van der Waals surface area contributed by atoms with Gasteiger partial charge in [0, 0.05) is 11.8 Å². The van der Waals surface area contributed by atoms with E-state index in [1.165, 1.54) is 24.5 Å². The van der Waals surface area contributed by atoms with E-state index in [2.05, 4.69) is 5.10 Å². The fourth-order valence-corrected chi connectivity index (χ4v) is 1.55. The van der Waals surface area contributed by atoms with Crippen molar-refractivity contribution in [1.82, 2.24) is 9.78 Å². The van der Waals surface area contributed by atoms with Crippen molar-refractivity contribution in [3.05, 3.63) is 42.5 Å². The van der Waals surface area contributed by atoms with Crippen molar-refractivity contribution in [1.29, 1.82) is 0 Å². The standard InChI is InChI=1S/C14H15FN2O2/c1-14(2,3)19-13(18)17-9-11(8-16-17)10-5-4-6-12(15)7-10/h4-9H,1-3H3. The number of aromatic nitrogens is 2. The number of rotatable bonds is 1. The highest BCUT2D eigenvalue weighted by atomic mass is 19.1. The van der Waals surface area contributed by atoms with E-state index in [9.17, 15) is 9.18 Å². The zero-order chi connectivity index (χ0) is 14.0. The maximum Gasteiger partial charge on any atom is 0.435 e. The van der Waals surface area contributed by atoms with Crippen molar-refractivity contribution < 1.29 is 13.9 Å². The summed E-state index contributed by atoms with van der Waals surface area (Å²) in [5, 5.41) is 3.93. The van der Waals surface area contributed by atoms with Gasteiger partial charge in [0.2, 0.25) is 0 Å². The largest absolute Gasteiger partial charge is 0.442 e. The summed E-state index contributed by atoms with van der Waals surface area (Å²) in [5.74, 6) is -0.331. The van der Waals surface area contributed by atoms with Crippen molar-refractivity contribution in [3.63, 3.8) is 0 Å². The topological polar surface area (TPSA) is 44.1 Å². The molecular weight excluding hydrogens is 247 g/mol. The highest BCUT2D eigenvalue weighted by Gasteiger charge is 2.18. The van der Waals surface area contributed by atoms with Gasteiger partial charge in [-0.1, -0.05) is 12.1 Å². The summed E-state index contributed by atoms with van der Waals surface area (Å²) in [5.41, 5.74) is 0.738. The summed E-state index contributed by atoms with van der Waals surface area (Å²) in [4.78, 5) is 11.8. The van der Waals surface area contributed by atoms with Crippen LogP contribution in [0.1, 0.15) is 20.8 Å². The van der Waals surface area contributed by atoms with E-state index in [0.29, 0.717) is 11.1 Å². The second-order valence-corrected chi connectivity index (χ2v) is 5.16. The van der Waals surface area contributed by atoms with E-state index < -0.39 is 11.7 Å². The lowest BCUT2D eigenvalue weighted by molar-refractivity contribution is 0.0514. The summed E-state index contributed by atoms with van der Waals surface area (Å²) in [6.45, 7) is 5.34. The third-order valence-corrected chi connectivity index (χ3v) is 2.32. The molecule has 4 nitrogen and oxygen atoms in total. The average Bonchev–Trinajstić information content (AvgIpc) is 2.75. The van der Waals surface area contributed by atoms with E-state index in [0.717, 1.165) is 4.68 Å². The third kappa shape index (κ3) is 3.40. The molecule has 1 heterocycles. The molecule has 0 N–H and O–H groups in total. The zero-order valence-electron chi connectivity index (χ0n) is 11.1. The minimum Gasteiger partial charge on any atom is -0.442 e. The van der Waals surface area contributed by atoms with E-state index >= 15 is 0 Å². The van der Waals surface area contributed by atoms with Crippen LogP contribution in [0.2, 0.25) is 0 Å². The Balaban J connectivity index is 2.22. The molecule has 1 aromatic heterocycles. The minimum absolute atomic E-state index is 0.331. The lowest BCUT2D eigenvalue weighted by Crippen LogP contribution is -2.27. The number of hydrogen-bond donors (Lipinski definition) is 0. The first kappa shape index (κ1) is 13.3. The molecule has 5 heteroatoms. The van der Waals surface area contributed by atoms with Crippen LogP contribution < -0.4 is 0 Å². The summed E-state index contributed by atoms with van der Waals surface area (Å²) in [6, 6.07) is 6.10. The molecule has 0 atom stereocenters. The Labute approximate surface area is 110 Å². The fraction of sp³-hybridized carbons (Fsp3) is 0.286. The molecular formula is C14H15FN2O2. The SMILES string of the molecule is CC(C)(C)OC(=O)n1cc(-c2cccc(F)c2)cn1. The molecule has 0 saturated carbocycles. The summed E-state index contributed by atoms with van der Waals surface area (Å²) < 4.78 is 19.4. The van der Waals surface area contributed by atoms with Crippen LogP contribution in [0.15, 0.2) is 36.7 Å². The predicted octanol–water partition coefficient (Wildman–Crippen LogP) is 3.47. The van der Waals surface area contributed by atoms with Crippen LogP contribution in [-0.4, -0.2) is 21.5 Å². The van der Waals surface area contributed by atoms with Gasteiger partial charge in [0.25, 0.3) is 0 Å². The Bertz CT molecular complexity index is 599. The first-order valence-corrected chi connectivity index (χ1v) is 5.89. The van der Waals surface area contributed by atoms with Gasteiger partial charge >= 0.3 is 6.09 Å². The van der Waals surface area contributed by atoms with Crippen molar-refractivity contribution in [2.45, 2.75) is 26.4 Å². The number of halogens is 1. The minimum atomic E-state index is -0.581. The van der Waals surface area contributed by atoms with Crippen LogP contribution in [0.5, 0.6) is 0 Å². The van der Waals surface area contributed by atoms with Gasteiger partial charge in [0.05, 0.1) is 6.20 Å². The van der Waals surface area contributed by atoms with Crippen molar-refractivity contribution in [2.75, 3.05) is 0 Å². The van der Waals surface area contributed by atoms with E-state index in [1.807, 2.05) is 0 Å². The maximum absolute atomic E-state index is 13.1. The first-order valence-electron chi connectivity index (χ1n) is 5.89. The molecule has 19 heavy (non-hydrogen) atoms. The van der Waals surface area contributed by atoms with Gasteiger partial charge in [-0.15, -0.1) is 0 Å². The van der Waals surface area contributed by atoms with Gasteiger partial charge in [-0.05, 0) is 38.5 Å². The Morgan fingerprint density at radius 1 is 1.32 bits per heavy atom. The number of nitrogens with zero attached hydrogens (tertiary/aromatic N) is 2. The van der Waals surface area contributed by atoms with Crippen molar-refractivity contribution in [2.24, 2.45) is 0 Å². The smallest absolute Gasteiger partial charge is 0.435 e. The van der Waals surface area contributed by atoms with Gasteiger partial charge in [-0.2, -0.15) is 9.78 Å². The van der Waals surface area contributed by atoms with Crippen LogP contribution in [0.3, 0.4) is 0 Å². The van der Waals surface area contributed by atoms with E-state index in [4.69, 9.17) is 4.74 Å². The van der Waals surface area contributed by atoms with E-state index in [1.54, 1.807) is 32.9 Å². The summed E-state index contributed by atoms with van der Waals surface area (Å²) in [7, 11) is 0. The molecule has 0 radical (unpaired) electrons. The monoisotopic (exact) mass is 262 g/mol. The molecule has 0 saturated heterocycles. The Hall–Kier alpha value is -2.17. The molecule has 0 aliphatic rings.